The fourth-order valence-corrected chi connectivity index (χ4v) is 3.90. The minimum Gasteiger partial charge on any atom is -0.497 e. The highest BCUT2D eigenvalue weighted by Gasteiger charge is 2.44. The smallest absolute Gasteiger partial charge is 0.270 e. The zero-order valence-electron chi connectivity index (χ0n) is 19.2. The number of aliphatic hydroxyl groups is 1. The van der Waals surface area contributed by atoms with E-state index < -0.39 is 5.79 Å². The lowest BCUT2D eigenvalue weighted by Crippen LogP contribution is -2.47. The third kappa shape index (κ3) is 3.91. The van der Waals surface area contributed by atoms with Gasteiger partial charge < -0.3 is 39.5 Å². The Hall–Kier alpha value is -4.51. The number of nitrogens with zero attached hydrogens (tertiary/aromatic N) is 3. The van der Waals surface area contributed by atoms with E-state index in [9.17, 15) is 5.11 Å². The summed E-state index contributed by atoms with van der Waals surface area (Å²) in [5.41, 5.74) is 8.95. The fourth-order valence-electron chi connectivity index (χ4n) is 3.90. The molecule has 4 aromatic rings. The number of aromatic amines is 1. The van der Waals surface area contributed by atoms with Crippen molar-refractivity contribution in [2.75, 3.05) is 33.7 Å². The van der Waals surface area contributed by atoms with Gasteiger partial charge in [-0.15, -0.1) is 0 Å². The lowest BCUT2D eigenvalue weighted by molar-refractivity contribution is -0.116. The van der Waals surface area contributed by atoms with E-state index in [-0.39, 0.29) is 6.61 Å². The second-order valence-electron chi connectivity index (χ2n) is 7.70. The Labute approximate surface area is 200 Å². The van der Waals surface area contributed by atoms with E-state index in [1.807, 2.05) is 18.2 Å². The molecule has 4 heterocycles. The predicted molar refractivity (Wildman–Crippen MR) is 128 cm³/mol. The highest BCUT2D eigenvalue weighted by Crippen LogP contribution is 2.49. The fraction of sp³-hybridized carbons (Fsp3) is 0.208. The summed E-state index contributed by atoms with van der Waals surface area (Å²) in [6.45, 7) is -0.0298. The van der Waals surface area contributed by atoms with Gasteiger partial charge in [-0.25, -0.2) is 15.0 Å². The summed E-state index contributed by atoms with van der Waals surface area (Å²) in [6.07, 6.45) is 4.82. The standard InChI is InChI=1S/C19H18O6.C5H5N5/c1-21-12-5-4-11-6-14-13-8-17(22-2)18(23-3)9-16(13)24-10-19(14,20)25-15(11)7-12;6-4-3-5(9-1-7-3)10-2-8-4/h4-9,20H,10H2,1-3H3;1-2H,(H3,6,7,8,9,10). The van der Waals surface area contributed by atoms with Gasteiger partial charge in [-0.2, -0.15) is 0 Å². The Morgan fingerprint density at radius 2 is 1.80 bits per heavy atom. The molecule has 180 valence electrons. The molecule has 4 N–H and O–H groups in total. The zero-order chi connectivity index (χ0) is 24.6. The molecular weight excluding hydrogens is 454 g/mol. The summed E-state index contributed by atoms with van der Waals surface area (Å²) in [5, 5.41) is 11.0. The maximum absolute atomic E-state index is 11.0. The van der Waals surface area contributed by atoms with Crippen LogP contribution in [0, 0.1) is 0 Å². The van der Waals surface area contributed by atoms with Crippen molar-refractivity contribution in [3.05, 3.63) is 54.1 Å². The van der Waals surface area contributed by atoms with Crippen molar-refractivity contribution < 1.29 is 28.8 Å². The van der Waals surface area contributed by atoms with Gasteiger partial charge in [-0.3, -0.25) is 0 Å². The van der Waals surface area contributed by atoms with E-state index in [0.29, 0.717) is 56.9 Å². The number of nitrogens with one attached hydrogen (secondary N) is 1. The van der Waals surface area contributed by atoms with Crippen LogP contribution >= 0.6 is 0 Å². The first-order valence-corrected chi connectivity index (χ1v) is 10.6. The number of hydrogen-bond donors (Lipinski definition) is 3. The number of ether oxygens (including phenoxy) is 5. The average Bonchev–Trinajstić information content (AvgIpc) is 3.37. The number of hydrogen-bond acceptors (Lipinski definition) is 10. The van der Waals surface area contributed by atoms with Gasteiger partial charge in [0.1, 0.15) is 29.1 Å². The zero-order valence-corrected chi connectivity index (χ0v) is 19.2. The lowest BCUT2D eigenvalue weighted by Gasteiger charge is -2.39. The number of methoxy groups -OCH3 is 3. The van der Waals surface area contributed by atoms with Gasteiger partial charge in [-0.05, 0) is 24.3 Å². The van der Waals surface area contributed by atoms with E-state index in [1.54, 1.807) is 39.5 Å². The SMILES string of the molecule is COc1ccc2c(c1)OC1(O)COc3cc(OC)c(OC)cc3C1=C2.Nc1ncnc2nc[nH]c12. The van der Waals surface area contributed by atoms with Crippen LogP contribution < -0.4 is 29.4 Å². The van der Waals surface area contributed by atoms with E-state index >= 15 is 0 Å². The van der Waals surface area contributed by atoms with Gasteiger partial charge in [0.25, 0.3) is 5.79 Å². The van der Waals surface area contributed by atoms with Crippen LogP contribution in [0.15, 0.2) is 43.0 Å². The molecule has 1 unspecified atom stereocenters. The third-order valence-electron chi connectivity index (χ3n) is 5.67. The van der Waals surface area contributed by atoms with Crippen LogP contribution in [-0.4, -0.2) is 58.8 Å². The molecule has 0 radical (unpaired) electrons. The normalized spacial score (nSPS) is 17.3. The summed E-state index contributed by atoms with van der Waals surface area (Å²) < 4.78 is 27.5. The molecule has 0 saturated carbocycles. The van der Waals surface area contributed by atoms with Crippen LogP contribution in [0.2, 0.25) is 0 Å². The molecule has 2 aliphatic rings. The van der Waals surface area contributed by atoms with Gasteiger partial charge in [0.05, 0.1) is 27.7 Å². The predicted octanol–water partition coefficient (Wildman–Crippen LogP) is 2.66. The third-order valence-corrected chi connectivity index (χ3v) is 5.67. The first kappa shape index (κ1) is 22.3. The van der Waals surface area contributed by atoms with Crippen molar-refractivity contribution in [3.8, 4) is 28.7 Å². The molecule has 11 heteroatoms. The summed E-state index contributed by atoms with van der Waals surface area (Å²) in [5.74, 6) is 1.77. The van der Waals surface area contributed by atoms with Crippen molar-refractivity contribution >= 4 is 28.6 Å². The molecule has 35 heavy (non-hydrogen) atoms. The number of fused-ring (bicyclic) bond motifs is 5. The lowest BCUT2D eigenvalue weighted by atomic mass is 9.90. The number of nitrogen functional groups attached to an aromatic ring is 1. The number of nitrogens with two attached hydrogens (primary N) is 1. The van der Waals surface area contributed by atoms with Crippen molar-refractivity contribution in [2.45, 2.75) is 5.79 Å². The molecule has 0 bridgehead atoms. The summed E-state index contributed by atoms with van der Waals surface area (Å²) in [6, 6.07) is 9.00. The summed E-state index contributed by atoms with van der Waals surface area (Å²) >= 11 is 0. The monoisotopic (exact) mass is 477 g/mol. The van der Waals surface area contributed by atoms with Crippen molar-refractivity contribution in [3.63, 3.8) is 0 Å². The Kier molecular flexibility index (Phi) is 5.53. The molecule has 2 aliphatic heterocycles. The second kappa shape index (κ2) is 8.69. The topological polar surface area (TPSA) is 147 Å². The molecule has 0 amide bonds. The summed E-state index contributed by atoms with van der Waals surface area (Å²) in [4.78, 5) is 14.4. The largest absolute Gasteiger partial charge is 0.497 e. The van der Waals surface area contributed by atoms with Gasteiger partial charge in [0.15, 0.2) is 29.6 Å². The van der Waals surface area contributed by atoms with Crippen LogP contribution in [-0.2, 0) is 0 Å². The van der Waals surface area contributed by atoms with E-state index in [1.165, 1.54) is 12.7 Å². The maximum atomic E-state index is 11.0. The Morgan fingerprint density at radius 1 is 1.00 bits per heavy atom. The quantitative estimate of drug-likeness (QED) is 0.402. The van der Waals surface area contributed by atoms with E-state index in [4.69, 9.17) is 29.4 Å². The van der Waals surface area contributed by atoms with Gasteiger partial charge in [0.2, 0.25) is 0 Å². The Morgan fingerprint density at radius 3 is 2.54 bits per heavy atom. The minimum absolute atomic E-state index is 0.0298. The Balaban J connectivity index is 0.000000211. The highest BCUT2D eigenvalue weighted by atomic mass is 16.7. The van der Waals surface area contributed by atoms with Crippen LogP contribution in [0.5, 0.6) is 28.7 Å². The number of anilines is 1. The van der Waals surface area contributed by atoms with E-state index in [2.05, 4.69) is 19.9 Å². The first-order chi connectivity index (χ1) is 17.0. The number of H-pyrrole nitrogens is 1. The minimum atomic E-state index is -1.58. The molecule has 1 atom stereocenters. The summed E-state index contributed by atoms with van der Waals surface area (Å²) in [7, 11) is 4.71. The van der Waals surface area contributed by atoms with Crippen LogP contribution in [0.3, 0.4) is 0 Å². The van der Waals surface area contributed by atoms with Crippen LogP contribution in [0.4, 0.5) is 5.82 Å². The van der Waals surface area contributed by atoms with Gasteiger partial charge >= 0.3 is 0 Å². The number of imidazole rings is 1. The molecule has 6 rings (SSSR count). The van der Waals surface area contributed by atoms with E-state index in [0.717, 1.165) is 5.56 Å². The number of benzene rings is 2. The Bertz CT molecular complexity index is 1440. The molecule has 0 spiro atoms. The molecule has 2 aromatic heterocycles. The molecule has 0 saturated heterocycles. The molecule has 0 aliphatic carbocycles. The number of aromatic nitrogens is 4. The van der Waals surface area contributed by atoms with Crippen LogP contribution in [0.1, 0.15) is 11.1 Å². The number of rotatable bonds is 3. The van der Waals surface area contributed by atoms with Crippen molar-refractivity contribution in [1.29, 1.82) is 0 Å². The van der Waals surface area contributed by atoms with Crippen LogP contribution in [0.25, 0.3) is 22.8 Å². The molecule has 11 nitrogen and oxygen atoms in total. The van der Waals surface area contributed by atoms with Crippen molar-refractivity contribution in [1.82, 2.24) is 19.9 Å². The highest BCUT2D eigenvalue weighted by molar-refractivity contribution is 5.92. The van der Waals surface area contributed by atoms with Gasteiger partial charge in [0, 0.05) is 28.8 Å². The molecular formula is C24H23N5O6. The van der Waals surface area contributed by atoms with Gasteiger partial charge in [-0.1, -0.05) is 0 Å². The molecule has 0 fully saturated rings. The second-order valence-corrected chi connectivity index (χ2v) is 7.70. The molecule has 2 aromatic carbocycles. The maximum Gasteiger partial charge on any atom is 0.270 e. The average molecular weight is 477 g/mol. The van der Waals surface area contributed by atoms with Crippen molar-refractivity contribution in [2.24, 2.45) is 0 Å². The first-order valence-electron chi connectivity index (χ1n) is 10.6.